The third-order valence-electron chi connectivity index (χ3n) is 4.43. The van der Waals surface area contributed by atoms with Gasteiger partial charge in [-0.1, -0.05) is 50.2 Å². The van der Waals surface area contributed by atoms with Crippen LogP contribution in [0.25, 0.3) is 0 Å². The summed E-state index contributed by atoms with van der Waals surface area (Å²) < 4.78 is 5.75. The number of carbonyl (C=O) groups excluding carboxylic acids is 1. The van der Waals surface area contributed by atoms with Crippen LogP contribution >= 0.6 is 0 Å². The fourth-order valence-electron chi connectivity index (χ4n) is 3.09. The lowest BCUT2D eigenvalue weighted by Crippen LogP contribution is -2.48. The van der Waals surface area contributed by atoms with Crippen LogP contribution in [0.5, 0.6) is 0 Å². The summed E-state index contributed by atoms with van der Waals surface area (Å²) in [5.74, 6) is -1.07. The van der Waals surface area contributed by atoms with E-state index in [1.54, 1.807) is 29.2 Å². The van der Waals surface area contributed by atoms with Gasteiger partial charge in [0.1, 0.15) is 0 Å². The molecule has 3 aromatic rings. The van der Waals surface area contributed by atoms with Crippen LogP contribution in [-0.2, 0) is 0 Å². The lowest BCUT2D eigenvalue weighted by molar-refractivity contribution is 0.242. The minimum Gasteiger partial charge on any atom is -0.374 e. The van der Waals surface area contributed by atoms with Gasteiger partial charge in [0.25, 0.3) is 0 Å². The van der Waals surface area contributed by atoms with Crippen molar-refractivity contribution in [3.63, 3.8) is 0 Å². The molecule has 1 aromatic heterocycles. The lowest BCUT2D eigenvalue weighted by atomic mass is 10.3. The summed E-state index contributed by atoms with van der Waals surface area (Å²) in [4.78, 5) is 45.3. The van der Waals surface area contributed by atoms with Gasteiger partial charge in [0.2, 0.25) is 0 Å². The van der Waals surface area contributed by atoms with Gasteiger partial charge in [-0.15, -0.1) is 9.55 Å². The zero-order valence-electron chi connectivity index (χ0n) is 17.0. The van der Waals surface area contributed by atoms with Gasteiger partial charge in [0, 0.05) is 24.5 Å². The topological polar surface area (TPSA) is 88.7 Å². The van der Waals surface area contributed by atoms with Gasteiger partial charge in [0.05, 0.1) is 0 Å². The van der Waals surface area contributed by atoms with Crippen molar-refractivity contribution in [2.24, 2.45) is 0 Å². The van der Waals surface area contributed by atoms with Crippen molar-refractivity contribution in [1.29, 1.82) is 0 Å². The van der Waals surface area contributed by atoms with Gasteiger partial charge >= 0.3 is 23.5 Å². The molecule has 0 radical (unpaired) electrons. The fraction of sp³-hybridized carbons (Fsp3) is 0.273. The lowest BCUT2D eigenvalue weighted by Gasteiger charge is -2.23. The van der Waals surface area contributed by atoms with Gasteiger partial charge in [0.15, 0.2) is 0 Å². The van der Waals surface area contributed by atoms with Crippen molar-refractivity contribution >= 4 is 23.4 Å². The van der Waals surface area contributed by atoms with E-state index >= 15 is 0 Å². The highest BCUT2D eigenvalue weighted by molar-refractivity contribution is 5.93. The maximum atomic E-state index is 13.0. The monoisotopic (exact) mass is 408 g/mol. The summed E-state index contributed by atoms with van der Waals surface area (Å²) in [7, 11) is 0. The van der Waals surface area contributed by atoms with E-state index < -0.39 is 17.5 Å². The quantitative estimate of drug-likeness (QED) is 0.593. The Morgan fingerprint density at radius 2 is 1.47 bits per heavy atom. The average molecular weight is 408 g/mol. The molecule has 1 amide bonds. The second kappa shape index (κ2) is 9.69. The zero-order valence-corrected chi connectivity index (χ0v) is 17.0. The second-order valence-corrected chi connectivity index (χ2v) is 6.64. The molecule has 0 saturated heterocycles. The molecule has 8 heteroatoms. The molecule has 0 aliphatic heterocycles. The summed E-state index contributed by atoms with van der Waals surface area (Å²) in [6, 6.07) is 17.1. The van der Waals surface area contributed by atoms with Crippen molar-refractivity contribution in [2.45, 2.75) is 26.7 Å². The first kappa shape index (κ1) is 21.0. The number of nitrogens with zero attached hydrogens (tertiary/aromatic N) is 4. The molecule has 0 aliphatic carbocycles. The summed E-state index contributed by atoms with van der Waals surface area (Å²) in [5.41, 5.74) is 0.340. The first-order valence-corrected chi connectivity index (χ1v) is 9.90. The third-order valence-corrected chi connectivity index (χ3v) is 4.43. The Bertz CT molecular complexity index is 1060. The Kier molecular flexibility index (Phi) is 6.79. The molecule has 0 fully saturated rings. The summed E-state index contributed by atoms with van der Waals surface area (Å²) in [6.07, 6.45) is 1.38. The van der Waals surface area contributed by atoms with Gasteiger partial charge in [-0.3, -0.25) is 9.80 Å². The molecule has 0 spiro atoms. The number of hydrogen-bond acceptors (Lipinski definition) is 6. The number of hydrogen-bond donors (Lipinski definition) is 0. The number of benzene rings is 2. The van der Waals surface area contributed by atoms with Gasteiger partial charge < -0.3 is 4.42 Å². The van der Waals surface area contributed by atoms with E-state index in [-0.39, 0.29) is 6.01 Å². The Morgan fingerprint density at radius 3 is 2.00 bits per heavy atom. The number of amides is 1. The number of anilines is 3. The highest BCUT2D eigenvalue weighted by Gasteiger charge is 2.24. The number of carbonyl (C=O) groups is 1. The predicted molar refractivity (Wildman–Crippen MR) is 116 cm³/mol. The van der Waals surface area contributed by atoms with Crippen LogP contribution < -0.4 is 21.2 Å². The van der Waals surface area contributed by atoms with Gasteiger partial charge in [-0.05, 0) is 37.1 Å². The van der Waals surface area contributed by atoms with Crippen molar-refractivity contribution < 1.29 is 9.21 Å². The van der Waals surface area contributed by atoms with Crippen molar-refractivity contribution in [1.82, 2.24) is 9.55 Å². The molecule has 0 N–H and O–H groups in total. The molecule has 8 nitrogen and oxygen atoms in total. The van der Waals surface area contributed by atoms with E-state index in [0.29, 0.717) is 29.8 Å². The molecule has 156 valence electrons. The van der Waals surface area contributed by atoms with Crippen molar-refractivity contribution in [3.8, 4) is 0 Å². The SMILES string of the molecule is CCCN(C(=O)n1c(=O)nc(N(CCC)c2ccccc2)oc1=O)c1ccccc1. The first-order valence-electron chi connectivity index (χ1n) is 9.90. The van der Waals surface area contributed by atoms with Gasteiger partial charge in [-0.25, -0.2) is 14.4 Å². The van der Waals surface area contributed by atoms with Crippen LogP contribution in [0.4, 0.5) is 22.2 Å². The molecular formula is C22H24N4O4. The summed E-state index contributed by atoms with van der Waals surface area (Å²) in [5, 5.41) is 0. The van der Waals surface area contributed by atoms with Crippen LogP contribution in [0.1, 0.15) is 26.7 Å². The Labute approximate surface area is 174 Å². The Hall–Kier alpha value is -3.68. The fourth-order valence-corrected chi connectivity index (χ4v) is 3.09. The molecule has 0 bridgehead atoms. The predicted octanol–water partition coefficient (Wildman–Crippen LogP) is 3.63. The molecule has 0 atom stereocenters. The molecule has 3 rings (SSSR count). The minimum absolute atomic E-state index is 0.135. The zero-order chi connectivity index (χ0) is 21.5. The molecule has 30 heavy (non-hydrogen) atoms. The molecule has 2 aromatic carbocycles. The Morgan fingerprint density at radius 1 is 0.900 bits per heavy atom. The maximum Gasteiger partial charge on any atom is 0.434 e. The highest BCUT2D eigenvalue weighted by Crippen LogP contribution is 2.21. The largest absolute Gasteiger partial charge is 0.434 e. The van der Waals surface area contributed by atoms with Crippen molar-refractivity contribution in [2.75, 3.05) is 22.9 Å². The van der Waals surface area contributed by atoms with E-state index in [0.717, 1.165) is 12.1 Å². The van der Waals surface area contributed by atoms with E-state index in [1.165, 1.54) is 4.90 Å². The summed E-state index contributed by atoms with van der Waals surface area (Å²) in [6.45, 7) is 4.69. The number of para-hydroxylation sites is 2. The minimum atomic E-state index is -1.07. The standard InChI is InChI=1S/C22H24N4O4/c1-3-15-24(17-11-7-5-8-12-17)20-23-19(27)26(22(29)30-20)21(28)25(16-4-2)18-13-9-6-10-14-18/h5-14H,3-4,15-16H2,1-2H3. The van der Waals surface area contributed by atoms with Crippen LogP contribution in [0, 0.1) is 0 Å². The molecule has 0 unspecified atom stereocenters. The van der Waals surface area contributed by atoms with E-state index in [2.05, 4.69) is 4.98 Å². The average Bonchev–Trinajstić information content (AvgIpc) is 2.76. The van der Waals surface area contributed by atoms with E-state index in [9.17, 15) is 14.4 Å². The number of aromatic nitrogens is 2. The maximum absolute atomic E-state index is 13.0. The number of rotatable bonds is 7. The van der Waals surface area contributed by atoms with Crippen LogP contribution in [-0.4, -0.2) is 28.7 Å². The van der Waals surface area contributed by atoms with Crippen LogP contribution in [0.3, 0.4) is 0 Å². The molecule has 0 saturated carbocycles. The molecular weight excluding hydrogens is 384 g/mol. The smallest absolute Gasteiger partial charge is 0.374 e. The normalized spacial score (nSPS) is 10.6. The molecule has 1 heterocycles. The molecule has 0 aliphatic rings. The second-order valence-electron chi connectivity index (χ2n) is 6.64. The Balaban J connectivity index is 2.02. The van der Waals surface area contributed by atoms with Crippen LogP contribution in [0.2, 0.25) is 0 Å². The highest BCUT2D eigenvalue weighted by atomic mass is 16.4. The summed E-state index contributed by atoms with van der Waals surface area (Å²) >= 11 is 0. The van der Waals surface area contributed by atoms with E-state index in [4.69, 9.17) is 4.42 Å². The van der Waals surface area contributed by atoms with Crippen LogP contribution in [0.15, 0.2) is 74.7 Å². The first-order chi connectivity index (χ1) is 14.6. The van der Waals surface area contributed by atoms with Gasteiger partial charge in [-0.2, -0.15) is 0 Å². The van der Waals surface area contributed by atoms with E-state index in [1.807, 2.05) is 50.2 Å². The van der Waals surface area contributed by atoms with Crippen molar-refractivity contribution in [3.05, 3.63) is 81.7 Å². The third kappa shape index (κ3) is 4.48.